The fraction of sp³-hybridized carbons (Fsp3) is 0.875. The molecule has 2 saturated carbocycles. The van der Waals surface area contributed by atoms with Crippen molar-refractivity contribution in [2.24, 2.45) is 10.8 Å². The van der Waals surface area contributed by atoms with Gasteiger partial charge in [0.25, 0.3) is 0 Å². The van der Waals surface area contributed by atoms with Crippen LogP contribution in [0.15, 0.2) is 12.2 Å². The zero-order chi connectivity index (χ0) is 12.3. The fourth-order valence-electron chi connectivity index (χ4n) is 4.54. The Labute approximate surface area is 111 Å². The molecule has 0 amide bonds. The van der Waals surface area contributed by atoms with E-state index in [1.54, 1.807) is 0 Å². The Hall–Kier alpha value is -0.340. The highest BCUT2D eigenvalue weighted by atomic mass is 16.5. The van der Waals surface area contributed by atoms with Crippen LogP contribution in [0.5, 0.6) is 0 Å². The summed E-state index contributed by atoms with van der Waals surface area (Å²) >= 11 is 0. The molecule has 0 aromatic carbocycles. The van der Waals surface area contributed by atoms with E-state index in [1.807, 2.05) is 0 Å². The van der Waals surface area contributed by atoms with Gasteiger partial charge in [-0.2, -0.15) is 0 Å². The second-order valence-electron chi connectivity index (χ2n) is 6.48. The minimum atomic E-state index is 0.425. The van der Waals surface area contributed by atoms with Gasteiger partial charge in [0, 0.05) is 10.8 Å². The highest BCUT2D eigenvalue weighted by Crippen LogP contribution is 2.59. The van der Waals surface area contributed by atoms with Crippen LogP contribution < -0.4 is 0 Å². The first-order chi connectivity index (χ1) is 8.87. The second-order valence-corrected chi connectivity index (χ2v) is 6.48. The zero-order valence-corrected chi connectivity index (χ0v) is 11.5. The van der Waals surface area contributed by atoms with Crippen molar-refractivity contribution < 1.29 is 9.47 Å². The summed E-state index contributed by atoms with van der Waals surface area (Å²) in [5.74, 6) is 0. The first-order valence-corrected chi connectivity index (χ1v) is 7.68. The zero-order valence-electron chi connectivity index (χ0n) is 11.5. The lowest BCUT2D eigenvalue weighted by Gasteiger charge is -2.56. The quantitative estimate of drug-likeness (QED) is 0.610. The monoisotopic (exact) mass is 250 g/mol. The second kappa shape index (κ2) is 5.34. The Kier molecular flexibility index (Phi) is 3.76. The molecule has 2 heteroatoms. The van der Waals surface area contributed by atoms with Gasteiger partial charge in [-0.3, -0.25) is 0 Å². The molecular weight excluding hydrogens is 224 g/mol. The minimum Gasteiger partial charge on any atom is -0.377 e. The van der Waals surface area contributed by atoms with Gasteiger partial charge in [0.15, 0.2) is 0 Å². The maximum atomic E-state index is 5.99. The van der Waals surface area contributed by atoms with Gasteiger partial charge in [0.05, 0.1) is 26.4 Å². The van der Waals surface area contributed by atoms with Gasteiger partial charge >= 0.3 is 0 Å². The predicted octanol–water partition coefficient (Wildman–Crippen LogP) is 3.71. The van der Waals surface area contributed by atoms with Gasteiger partial charge in [-0.1, -0.05) is 37.8 Å². The minimum absolute atomic E-state index is 0.425. The molecule has 2 nitrogen and oxygen atoms in total. The molecule has 1 heterocycles. The molecule has 0 saturated heterocycles. The molecule has 0 atom stereocenters. The predicted molar refractivity (Wildman–Crippen MR) is 72.6 cm³/mol. The van der Waals surface area contributed by atoms with E-state index in [1.165, 1.54) is 51.4 Å². The lowest BCUT2D eigenvalue weighted by atomic mass is 9.50. The maximum Gasteiger partial charge on any atom is 0.0648 e. The topological polar surface area (TPSA) is 18.5 Å². The van der Waals surface area contributed by atoms with Crippen molar-refractivity contribution in [2.45, 2.75) is 51.4 Å². The van der Waals surface area contributed by atoms with Crippen molar-refractivity contribution in [1.82, 2.24) is 0 Å². The molecule has 18 heavy (non-hydrogen) atoms. The first-order valence-electron chi connectivity index (χ1n) is 7.68. The molecule has 102 valence electrons. The summed E-state index contributed by atoms with van der Waals surface area (Å²) in [6, 6.07) is 0. The molecule has 3 rings (SSSR count). The summed E-state index contributed by atoms with van der Waals surface area (Å²) in [6.07, 6.45) is 15.2. The summed E-state index contributed by atoms with van der Waals surface area (Å²) in [5, 5.41) is 0. The smallest absolute Gasteiger partial charge is 0.0648 e. The van der Waals surface area contributed by atoms with Crippen molar-refractivity contribution in [3.63, 3.8) is 0 Å². The summed E-state index contributed by atoms with van der Waals surface area (Å²) in [4.78, 5) is 0. The average molecular weight is 250 g/mol. The van der Waals surface area contributed by atoms with E-state index >= 15 is 0 Å². The van der Waals surface area contributed by atoms with Gasteiger partial charge in [0.2, 0.25) is 0 Å². The Morgan fingerprint density at radius 3 is 1.39 bits per heavy atom. The molecule has 2 aliphatic carbocycles. The van der Waals surface area contributed by atoms with Gasteiger partial charge in [0.1, 0.15) is 0 Å². The standard InChI is InChI=1S/C16H26O2/c1-2-8-16-10-4-3-9-15(16,7-1)13-17-11-5-6-12-18-14-16/h5-6H,1-4,7-14H2/b6-5-. The average Bonchev–Trinajstić information content (AvgIpc) is 2.42. The molecule has 0 N–H and O–H groups in total. The highest BCUT2D eigenvalue weighted by Gasteiger charge is 2.53. The van der Waals surface area contributed by atoms with E-state index in [0.717, 1.165) is 26.4 Å². The number of ether oxygens (including phenoxy) is 2. The Morgan fingerprint density at radius 2 is 1.00 bits per heavy atom. The van der Waals surface area contributed by atoms with Crippen molar-refractivity contribution in [3.05, 3.63) is 12.2 Å². The third kappa shape index (κ3) is 2.14. The summed E-state index contributed by atoms with van der Waals surface area (Å²) in [5.41, 5.74) is 0.851. The lowest BCUT2D eigenvalue weighted by molar-refractivity contribution is -0.139. The van der Waals surface area contributed by atoms with Gasteiger partial charge < -0.3 is 9.47 Å². The van der Waals surface area contributed by atoms with Crippen molar-refractivity contribution in [2.75, 3.05) is 26.4 Å². The van der Waals surface area contributed by atoms with Crippen LogP contribution >= 0.6 is 0 Å². The highest BCUT2D eigenvalue weighted by molar-refractivity contribution is 5.03. The van der Waals surface area contributed by atoms with Crippen LogP contribution in [0.1, 0.15) is 51.4 Å². The van der Waals surface area contributed by atoms with E-state index in [-0.39, 0.29) is 0 Å². The van der Waals surface area contributed by atoms with Gasteiger partial charge in [-0.15, -0.1) is 0 Å². The van der Waals surface area contributed by atoms with E-state index in [9.17, 15) is 0 Å². The van der Waals surface area contributed by atoms with Crippen LogP contribution in [0.3, 0.4) is 0 Å². The summed E-state index contributed by atoms with van der Waals surface area (Å²) in [7, 11) is 0. The Morgan fingerprint density at radius 1 is 0.611 bits per heavy atom. The fourth-order valence-corrected chi connectivity index (χ4v) is 4.54. The van der Waals surface area contributed by atoms with Crippen molar-refractivity contribution in [1.29, 1.82) is 0 Å². The van der Waals surface area contributed by atoms with Crippen LogP contribution in [-0.4, -0.2) is 26.4 Å². The summed E-state index contributed by atoms with van der Waals surface area (Å²) in [6.45, 7) is 3.45. The van der Waals surface area contributed by atoms with E-state index in [4.69, 9.17) is 9.47 Å². The molecule has 0 aromatic rings. The van der Waals surface area contributed by atoms with Crippen molar-refractivity contribution >= 4 is 0 Å². The molecular formula is C16H26O2. The molecule has 0 unspecified atom stereocenters. The molecule has 0 aromatic heterocycles. The largest absolute Gasteiger partial charge is 0.377 e. The Balaban J connectivity index is 1.87. The third-order valence-electron chi connectivity index (χ3n) is 5.60. The SMILES string of the molecule is C1=C\COCC23CCCCC2(CCCC3)COC/1. The Bertz CT molecular complexity index is 266. The number of rotatable bonds is 0. The van der Waals surface area contributed by atoms with Gasteiger partial charge in [-0.05, 0) is 25.7 Å². The normalized spacial score (nSPS) is 43.6. The van der Waals surface area contributed by atoms with E-state index in [2.05, 4.69) is 12.2 Å². The van der Waals surface area contributed by atoms with Crippen LogP contribution in [-0.2, 0) is 9.47 Å². The molecule has 1 aliphatic heterocycles. The number of hydrogen-bond acceptors (Lipinski definition) is 2. The summed E-state index contributed by atoms with van der Waals surface area (Å²) < 4.78 is 12.0. The molecule has 0 radical (unpaired) electrons. The molecule has 0 spiro atoms. The molecule has 0 bridgehead atoms. The lowest BCUT2D eigenvalue weighted by Crippen LogP contribution is -2.52. The molecule has 2 fully saturated rings. The van der Waals surface area contributed by atoms with Gasteiger partial charge in [-0.25, -0.2) is 0 Å². The van der Waals surface area contributed by atoms with Crippen LogP contribution in [0.4, 0.5) is 0 Å². The van der Waals surface area contributed by atoms with E-state index < -0.39 is 0 Å². The third-order valence-corrected chi connectivity index (χ3v) is 5.60. The van der Waals surface area contributed by atoms with Crippen LogP contribution in [0.2, 0.25) is 0 Å². The first kappa shape index (κ1) is 12.7. The molecule has 3 aliphatic rings. The van der Waals surface area contributed by atoms with Crippen LogP contribution in [0.25, 0.3) is 0 Å². The number of hydrogen-bond donors (Lipinski definition) is 0. The van der Waals surface area contributed by atoms with E-state index in [0.29, 0.717) is 10.8 Å². The van der Waals surface area contributed by atoms with Crippen molar-refractivity contribution in [3.8, 4) is 0 Å². The maximum absolute atomic E-state index is 5.99. The van der Waals surface area contributed by atoms with Crippen LogP contribution in [0, 0.1) is 10.8 Å².